The van der Waals surface area contributed by atoms with Crippen molar-refractivity contribution in [3.05, 3.63) is 60.8 Å². The lowest BCUT2D eigenvalue weighted by Gasteiger charge is -2.40. The molecule has 1 heterocycles. The van der Waals surface area contributed by atoms with Gasteiger partial charge in [0.25, 0.3) is 0 Å². The fourth-order valence-corrected chi connectivity index (χ4v) is 12.6. The van der Waals surface area contributed by atoms with Crippen molar-refractivity contribution in [1.29, 1.82) is 0 Å². The molecule has 9 heteroatoms. The Kier molecular flexibility index (Phi) is 65.6. The predicted octanol–water partition coefficient (Wildman–Crippen LogP) is 22.1. The van der Waals surface area contributed by atoms with E-state index in [0.29, 0.717) is 12.8 Å². The van der Waals surface area contributed by atoms with E-state index in [-0.39, 0.29) is 12.5 Å². The Labute approximate surface area is 551 Å². The molecule has 1 aliphatic heterocycles. The molecule has 0 aromatic rings. The molecule has 1 amide bonds. The molecule has 0 saturated carbocycles. The minimum Gasteiger partial charge on any atom is -0.394 e. The summed E-state index contributed by atoms with van der Waals surface area (Å²) in [5, 5.41) is 55.1. The minimum atomic E-state index is -1.56. The molecule has 0 bridgehead atoms. The van der Waals surface area contributed by atoms with Crippen LogP contribution in [0.2, 0.25) is 0 Å². The zero-order chi connectivity index (χ0) is 64.2. The van der Waals surface area contributed by atoms with Crippen molar-refractivity contribution in [2.24, 2.45) is 0 Å². The van der Waals surface area contributed by atoms with E-state index in [9.17, 15) is 30.3 Å². The van der Waals surface area contributed by atoms with Crippen molar-refractivity contribution < 1.29 is 39.8 Å². The van der Waals surface area contributed by atoms with Gasteiger partial charge in [0.2, 0.25) is 5.91 Å². The lowest BCUT2D eigenvalue weighted by molar-refractivity contribution is -0.302. The van der Waals surface area contributed by atoms with Gasteiger partial charge in [-0.2, -0.15) is 0 Å². The SMILES string of the molecule is CC/C=C\C/C=C\C/C=C\C/C=C\C/C=C\CCCCCCCCCCCCCCCCCCCCCC(=O)NC(COC1OC(CO)C(O)C(O)C1O)C(O)CCCCCCCCCCCCCCCCCCCCCCCCCCCCCCCCC. The van der Waals surface area contributed by atoms with E-state index in [1.807, 2.05) is 0 Å². The Morgan fingerprint density at radius 1 is 0.393 bits per heavy atom. The third kappa shape index (κ3) is 57.1. The summed E-state index contributed by atoms with van der Waals surface area (Å²) in [5.41, 5.74) is 0. The molecule has 0 spiro atoms. The molecule has 7 atom stereocenters. The quantitative estimate of drug-likeness (QED) is 0.0261. The number of hydrogen-bond donors (Lipinski definition) is 6. The van der Waals surface area contributed by atoms with Crippen LogP contribution in [0.25, 0.3) is 0 Å². The van der Waals surface area contributed by atoms with Gasteiger partial charge in [-0.25, -0.2) is 0 Å². The van der Waals surface area contributed by atoms with Crippen LogP contribution >= 0.6 is 0 Å². The van der Waals surface area contributed by atoms with Crippen molar-refractivity contribution in [2.75, 3.05) is 13.2 Å². The van der Waals surface area contributed by atoms with E-state index in [1.54, 1.807) is 0 Å². The summed E-state index contributed by atoms with van der Waals surface area (Å²) in [7, 11) is 0. The van der Waals surface area contributed by atoms with Crippen LogP contribution < -0.4 is 5.32 Å². The van der Waals surface area contributed by atoms with Gasteiger partial charge in [-0.1, -0.05) is 383 Å². The molecule has 1 fully saturated rings. The average Bonchev–Trinajstić information content (AvgIpc) is 2.28. The highest BCUT2D eigenvalue weighted by molar-refractivity contribution is 5.76. The second kappa shape index (κ2) is 68.7. The molecule has 89 heavy (non-hydrogen) atoms. The fraction of sp³-hybridized carbons (Fsp3) is 0.863. The van der Waals surface area contributed by atoms with Crippen molar-refractivity contribution >= 4 is 5.91 Å². The van der Waals surface area contributed by atoms with Crippen molar-refractivity contribution in [1.82, 2.24) is 5.32 Å². The van der Waals surface area contributed by atoms with Crippen molar-refractivity contribution in [2.45, 2.75) is 429 Å². The predicted molar refractivity (Wildman–Crippen MR) is 382 cm³/mol. The Hall–Kier alpha value is -2.11. The molecule has 0 aromatic carbocycles. The van der Waals surface area contributed by atoms with Crippen LogP contribution in [0.4, 0.5) is 0 Å². The summed E-state index contributed by atoms with van der Waals surface area (Å²) in [6.07, 6.45) is 88.9. The number of rotatable bonds is 69. The zero-order valence-corrected chi connectivity index (χ0v) is 58.7. The first-order chi connectivity index (χ1) is 43.8. The van der Waals surface area contributed by atoms with Crippen LogP contribution in [0.15, 0.2) is 60.8 Å². The van der Waals surface area contributed by atoms with E-state index < -0.39 is 49.5 Å². The third-order valence-corrected chi connectivity index (χ3v) is 18.6. The normalized spacial score (nSPS) is 18.1. The lowest BCUT2D eigenvalue weighted by atomic mass is 9.99. The number of aliphatic hydroxyl groups excluding tert-OH is 5. The van der Waals surface area contributed by atoms with Gasteiger partial charge in [0, 0.05) is 6.42 Å². The molecule has 7 unspecified atom stereocenters. The maximum absolute atomic E-state index is 13.2. The van der Waals surface area contributed by atoms with E-state index >= 15 is 0 Å². The highest BCUT2D eigenvalue weighted by Gasteiger charge is 2.44. The summed E-state index contributed by atoms with van der Waals surface area (Å²) in [5.74, 6) is -0.137. The highest BCUT2D eigenvalue weighted by Crippen LogP contribution is 2.24. The van der Waals surface area contributed by atoms with Gasteiger partial charge in [0.05, 0.1) is 25.4 Å². The van der Waals surface area contributed by atoms with Gasteiger partial charge < -0.3 is 40.3 Å². The molecule has 0 aromatic heterocycles. The molecule has 522 valence electrons. The molecule has 1 saturated heterocycles. The van der Waals surface area contributed by atoms with Crippen LogP contribution in [-0.2, 0) is 14.3 Å². The van der Waals surface area contributed by atoms with Crippen LogP contribution in [0.3, 0.4) is 0 Å². The Balaban J connectivity index is 2.06. The fourth-order valence-electron chi connectivity index (χ4n) is 12.6. The number of amides is 1. The van der Waals surface area contributed by atoms with Crippen LogP contribution in [-0.4, -0.2) is 87.5 Å². The molecule has 0 radical (unpaired) electrons. The number of nitrogens with one attached hydrogen (secondary N) is 1. The van der Waals surface area contributed by atoms with Gasteiger partial charge in [0.15, 0.2) is 6.29 Å². The van der Waals surface area contributed by atoms with Crippen LogP contribution in [0.1, 0.15) is 386 Å². The zero-order valence-electron chi connectivity index (χ0n) is 58.7. The van der Waals surface area contributed by atoms with Gasteiger partial charge in [-0.15, -0.1) is 0 Å². The topological polar surface area (TPSA) is 149 Å². The van der Waals surface area contributed by atoms with Crippen molar-refractivity contribution in [3.63, 3.8) is 0 Å². The number of hydrogen-bond acceptors (Lipinski definition) is 8. The number of unbranched alkanes of at least 4 members (excludes halogenated alkanes) is 49. The van der Waals surface area contributed by atoms with E-state index in [4.69, 9.17) is 9.47 Å². The number of carbonyl (C=O) groups excluding carboxylic acids is 1. The first-order valence-electron chi connectivity index (χ1n) is 39.0. The van der Waals surface area contributed by atoms with E-state index in [1.165, 1.54) is 289 Å². The van der Waals surface area contributed by atoms with E-state index in [2.05, 4.69) is 79.9 Å². The molecule has 0 aliphatic carbocycles. The maximum atomic E-state index is 13.2. The molecule has 1 rings (SSSR count). The highest BCUT2D eigenvalue weighted by atomic mass is 16.7. The first-order valence-corrected chi connectivity index (χ1v) is 39.0. The third-order valence-electron chi connectivity index (χ3n) is 18.6. The number of carbonyl (C=O) groups is 1. The summed E-state index contributed by atoms with van der Waals surface area (Å²) in [4.78, 5) is 13.2. The molecule has 9 nitrogen and oxygen atoms in total. The largest absolute Gasteiger partial charge is 0.394 e. The Bertz CT molecular complexity index is 1600. The van der Waals surface area contributed by atoms with E-state index in [0.717, 1.165) is 70.6 Å². The van der Waals surface area contributed by atoms with Crippen molar-refractivity contribution in [3.8, 4) is 0 Å². The summed E-state index contributed by atoms with van der Waals surface area (Å²) in [6, 6.07) is -0.722. The lowest BCUT2D eigenvalue weighted by Crippen LogP contribution is -2.60. The molecular weight excluding hydrogens is 1100 g/mol. The second-order valence-electron chi connectivity index (χ2n) is 27.1. The average molecular weight is 1250 g/mol. The van der Waals surface area contributed by atoms with Crippen LogP contribution in [0.5, 0.6) is 0 Å². The maximum Gasteiger partial charge on any atom is 0.220 e. The molecule has 6 N–H and O–H groups in total. The van der Waals surface area contributed by atoms with Gasteiger partial charge in [-0.3, -0.25) is 4.79 Å². The second-order valence-corrected chi connectivity index (χ2v) is 27.1. The minimum absolute atomic E-state index is 0.135. The smallest absolute Gasteiger partial charge is 0.220 e. The number of allylic oxidation sites excluding steroid dienone is 10. The number of ether oxygens (including phenoxy) is 2. The standard InChI is InChI=1S/C80H149NO8/c1-3-5-7-9-11-13-15-17-19-21-23-25-27-29-31-33-35-36-37-38-40-42-44-46-48-50-52-54-56-58-60-62-64-66-68-70-76(84)81-73(72-88-80-79(87)78(86)77(85)75(71-82)89-80)74(83)69-67-65-63-61-59-57-55-53-51-49-47-45-43-41-39-34-32-30-28-26-24-22-20-18-16-14-12-10-8-6-4-2/h5,7,11,13,17,19,23,25,29,31,73-75,77-80,82-83,85-87H,3-4,6,8-10,12,14-16,18,20-22,24,26-28,30,32-72H2,1-2H3,(H,81,84)/b7-5-,13-11-,19-17-,25-23-,31-29-. The summed E-state index contributed by atoms with van der Waals surface area (Å²) >= 11 is 0. The monoisotopic (exact) mass is 1250 g/mol. The summed E-state index contributed by atoms with van der Waals surface area (Å²) < 4.78 is 11.4. The number of aliphatic hydroxyl groups is 5. The summed E-state index contributed by atoms with van der Waals surface area (Å²) in [6.45, 7) is 3.78. The van der Waals surface area contributed by atoms with Crippen LogP contribution in [0, 0.1) is 0 Å². The van der Waals surface area contributed by atoms with Gasteiger partial charge in [-0.05, 0) is 57.8 Å². The van der Waals surface area contributed by atoms with Gasteiger partial charge >= 0.3 is 0 Å². The molecular formula is C80H149NO8. The Morgan fingerprint density at radius 3 is 1.03 bits per heavy atom. The first kappa shape index (κ1) is 84.9. The Morgan fingerprint density at radius 2 is 0.697 bits per heavy atom. The molecule has 1 aliphatic rings. The van der Waals surface area contributed by atoms with Gasteiger partial charge in [0.1, 0.15) is 24.4 Å².